The summed E-state index contributed by atoms with van der Waals surface area (Å²) in [5.41, 5.74) is 0.402. The Morgan fingerprint density at radius 1 is 1.06 bits per heavy atom. The molecule has 2 aromatic rings. The van der Waals surface area contributed by atoms with Crippen molar-refractivity contribution in [3.05, 3.63) is 47.0 Å². The molecule has 4 heterocycles. The molecule has 2 saturated heterocycles. The van der Waals surface area contributed by atoms with Gasteiger partial charge in [0.1, 0.15) is 6.17 Å². The van der Waals surface area contributed by atoms with E-state index in [0.717, 1.165) is 31.6 Å². The van der Waals surface area contributed by atoms with Crippen LogP contribution in [0.2, 0.25) is 0 Å². The highest BCUT2D eigenvalue weighted by Crippen LogP contribution is 2.41. The van der Waals surface area contributed by atoms with Gasteiger partial charge in [0, 0.05) is 29.8 Å². The van der Waals surface area contributed by atoms with Gasteiger partial charge in [-0.15, -0.1) is 0 Å². The van der Waals surface area contributed by atoms with Crippen molar-refractivity contribution >= 4 is 5.91 Å². The molecule has 1 aromatic carbocycles. The number of hydrazine groups is 1. The Bertz CT molecular complexity index is 1150. The number of allylic oxidation sites excluding steroid dienone is 1. The van der Waals surface area contributed by atoms with Crippen LogP contribution in [-0.2, 0) is 17.1 Å². The first-order valence-corrected chi connectivity index (χ1v) is 10.9. The molecule has 0 saturated carbocycles. The van der Waals surface area contributed by atoms with Gasteiger partial charge in [-0.25, -0.2) is 5.43 Å². The lowest BCUT2D eigenvalue weighted by Gasteiger charge is -2.38. The molecule has 188 valence electrons. The molecule has 0 spiro atoms. The van der Waals surface area contributed by atoms with E-state index in [4.69, 9.17) is 4.52 Å². The van der Waals surface area contributed by atoms with Crippen LogP contribution in [0, 0.1) is 5.92 Å². The van der Waals surface area contributed by atoms with Crippen LogP contribution < -0.4 is 16.1 Å². The third-order valence-corrected chi connectivity index (χ3v) is 6.40. The van der Waals surface area contributed by atoms with Crippen LogP contribution in [0.1, 0.15) is 35.8 Å². The number of alkyl halides is 6. The minimum Gasteiger partial charge on any atom is -0.338 e. The Balaban J connectivity index is 1.44. The Hall–Kier alpha value is -3.13. The van der Waals surface area contributed by atoms with Crippen molar-refractivity contribution in [1.29, 1.82) is 0 Å². The molecule has 14 heteroatoms. The molecule has 2 unspecified atom stereocenters. The average molecular weight is 502 g/mol. The van der Waals surface area contributed by atoms with Gasteiger partial charge in [0.2, 0.25) is 17.6 Å². The molecule has 2 atom stereocenters. The van der Waals surface area contributed by atoms with E-state index in [1.165, 1.54) is 6.08 Å². The zero-order valence-electron chi connectivity index (χ0n) is 18.0. The third-order valence-electron chi connectivity index (χ3n) is 6.40. The molecule has 0 aliphatic carbocycles. The van der Waals surface area contributed by atoms with Crippen molar-refractivity contribution < 1.29 is 35.7 Å². The van der Waals surface area contributed by atoms with Crippen LogP contribution in [0.3, 0.4) is 0 Å². The smallest absolute Gasteiger partial charge is 0.338 e. The summed E-state index contributed by atoms with van der Waals surface area (Å²) in [6.07, 6.45) is -7.42. The number of piperidine rings is 1. The molecule has 2 fully saturated rings. The Labute approximate surface area is 194 Å². The number of rotatable bonds is 3. The lowest BCUT2D eigenvalue weighted by molar-refractivity contribution is -0.142. The average Bonchev–Trinajstić information content (AvgIpc) is 3.44. The first kappa shape index (κ1) is 23.6. The summed E-state index contributed by atoms with van der Waals surface area (Å²) < 4.78 is 84.9. The molecule has 5 rings (SSSR count). The van der Waals surface area contributed by atoms with E-state index in [1.54, 1.807) is 0 Å². The molecule has 0 radical (unpaired) electrons. The van der Waals surface area contributed by atoms with Crippen molar-refractivity contribution in [3.63, 3.8) is 0 Å². The Kier molecular flexibility index (Phi) is 5.74. The number of hydrogen-bond acceptors (Lipinski definition) is 7. The van der Waals surface area contributed by atoms with Crippen molar-refractivity contribution in [2.45, 2.75) is 37.3 Å². The Morgan fingerprint density at radius 3 is 2.49 bits per heavy atom. The van der Waals surface area contributed by atoms with Crippen molar-refractivity contribution in [3.8, 4) is 11.4 Å². The van der Waals surface area contributed by atoms with Gasteiger partial charge < -0.3 is 15.2 Å². The number of hydrogen-bond donors (Lipinski definition) is 3. The van der Waals surface area contributed by atoms with E-state index >= 15 is 0 Å². The highest BCUT2D eigenvalue weighted by atomic mass is 19.4. The standard InChI is InChI=1S/C21H20F6N6O2/c22-20(23,24)11-1-2-12(14(7-11)21(25,26)27)17-31-19(35-32-17)13-9-29-33-15(8-16(34)30-18(13)33)10-3-5-28-6-4-10/h1-2,7-8,10,13,18,28-29H,3-6,9H2,(H,30,34). The number of amides is 1. The molecule has 1 aromatic heterocycles. The summed E-state index contributed by atoms with van der Waals surface area (Å²) >= 11 is 0. The van der Waals surface area contributed by atoms with Crippen LogP contribution in [-0.4, -0.2) is 46.9 Å². The van der Waals surface area contributed by atoms with Gasteiger partial charge >= 0.3 is 12.4 Å². The van der Waals surface area contributed by atoms with Gasteiger partial charge in [0.15, 0.2) is 0 Å². The van der Waals surface area contributed by atoms with Gasteiger partial charge in [0.05, 0.1) is 17.0 Å². The highest BCUT2D eigenvalue weighted by Gasteiger charge is 2.45. The van der Waals surface area contributed by atoms with Crippen LogP contribution in [0.25, 0.3) is 11.4 Å². The third kappa shape index (κ3) is 4.47. The molecular weight excluding hydrogens is 482 g/mol. The second-order valence-corrected chi connectivity index (χ2v) is 8.60. The fourth-order valence-corrected chi connectivity index (χ4v) is 4.69. The first-order chi connectivity index (χ1) is 16.5. The molecule has 3 N–H and O–H groups in total. The van der Waals surface area contributed by atoms with Crippen LogP contribution in [0.5, 0.6) is 0 Å². The topological polar surface area (TPSA) is 95.3 Å². The summed E-state index contributed by atoms with van der Waals surface area (Å²) in [5.74, 6) is -1.28. The maximum absolute atomic E-state index is 13.6. The molecule has 8 nitrogen and oxygen atoms in total. The summed E-state index contributed by atoms with van der Waals surface area (Å²) in [5, 5.41) is 11.5. The van der Waals surface area contributed by atoms with Gasteiger partial charge in [-0.1, -0.05) is 5.16 Å². The van der Waals surface area contributed by atoms with Crippen molar-refractivity contribution in [2.75, 3.05) is 19.6 Å². The van der Waals surface area contributed by atoms with E-state index in [-0.39, 0.29) is 30.3 Å². The zero-order valence-corrected chi connectivity index (χ0v) is 18.0. The quantitative estimate of drug-likeness (QED) is 0.556. The summed E-state index contributed by atoms with van der Waals surface area (Å²) in [6.45, 7) is 1.88. The lowest BCUT2D eigenvalue weighted by atomic mass is 9.92. The number of carbonyl (C=O) groups is 1. The molecule has 0 bridgehead atoms. The van der Waals surface area contributed by atoms with Crippen LogP contribution in [0.4, 0.5) is 26.3 Å². The number of benzene rings is 1. The van der Waals surface area contributed by atoms with E-state index in [1.807, 2.05) is 5.01 Å². The van der Waals surface area contributed by atoms with Gasteiger partial charge in [0.25, 0.3) is 0 Å². The lowest BCUT2D eigenvalue weighted by Crippen LogP contribution is -2.53. The molecular formula is C21H20F6N6O2. The molecule has 1 amide bonds. The number of carbonyl (C=O) groups excluding carboxylic acids is 1. The monoisotopic (exact) mass is 502 g/mol. The van der Waals surface area contributed by atoms with Crippen molar-refractivity contribution in [1.82, 2.24) is 31.2 Å². The van der Waals surface area contributed by atoms with E-state index in [2.05, 4.69) is 26.2 Å². The van der Waals surface area contributed by atoms with E-state index in [9.17, 15) is 31.1 Å². The molecule has 3 aliphatic heterocycles. The van der Waals surface area contributed by atoms with Crippen LogP contribution >= 0.6 is 0 Å². The number of aromatic nitrogens is 2. The summed E-state index contributed by atoms with van der Waals surface area (Å²) in [7, 11) is 0. The summed E-state index contributed by atoms with van der Waals surface area (Å²) in [6, 6.07) is 1.25. The minimum atomic E-state index is -5.07. The zero-order chi connectivity index (χ0) is 25.0. The van der Waals surface area contributed by atoms with E-state index in [0.29, 0.717) is 12.1 Å². The predicted octanol–water partition coefficient (Wildman–Crippen LogP) is 3.02. The normalized spacial score (nSPS) is 23.8. The maximum atomic E-state index is 13.6. The first-order valence-electron chi connectivity index (χ1n) is 10.9. The number of fused-ring (bicyclic) bond motifs is 1. The number of nitrogens with one attached hydrogen (secondary N) is 3. The van der Waals surface area contributed by atoms with E-state index < -0.39 is 47.0 Å². The van der Waals surface area contributed by atoms with Crippen molar-refractivity contribution in [2.24, 2.45) is 5.92 Å². The number of halogens is 6. The Morgan fingerprint density at radius 2 is 1.80 bits per heavy atom. The summed E-state index contributed by atoms with van der Waals surface area (Å²) in [4.78, 5) is 16.5. The fourth-order valence-electron chi connectivity index (χ4n) is 4.69. The molecule has 35 heavy (non-hydrogen) atoms. The predicted molar refractivity (Wildman–Crippen MR) is 108 cm³/mol. The van der Waals surface area contributed by atoms with Gasteiger partial charge in [-0.2, -0.15) is 31.3 Å². The highest BCUT2D eigenvalue weighted by molar-refractivity contribution is 5.89. The number of nitrogens with zero attached hydrogens (tertiary/aromatic N) is 3. The molecule has 3 aliphatic rings. The second-order valence-electron chi connectivity index (χ2n) is 8.60. The second kappa shape index (κ2) is 8.52. The largest absolute Gasteiger partial charge is 0.417 e. The maximum Gasteiger partial charge on any atom is 0.417 e. The van der Waals surface area contributed by atoms with Gasteiger partial charge in [-0.05, 0) is 44.1 Å². The minimum absolute atomic E-state index is 0.0294. The van der Waals surface area contributed by atoms with Crippen LogP contribution in [0.15, 0.2) is 34.5 Å². The van der Waals surface area contributed by atoms with Gasteiger partial charge in [-0.3, -0.25) is 9.80 Å². The fraction of sp³-hybridized carbons (Fsp3) is 0.476. The SMILES string of the molecule is O=C1C=C(C2CCNCC2)N2NCC(c3nc(-c4ccc(C(F)(F)F)cc4C(F)(F)F)no3)C2N1.